The van der Waals surface area contributed by atoms with Crippen molar-refractivity contribution < 1.29 is 9.59 Å². The first kappa shape index (κ1) is 18.5. The Labute approximate surface area is 165 Å². The fraction of sp³-hybridized carbons (Fsp3) is 0.409. The minimum atomic E-state index is -0.208. The molecule has 0 spiro atoms. The largest absolute Gasteiger partial charge is 0.353 e. The Balaban J connectivity index is 1.31. The second kappa shape index (κ2) is 7.62. The number of nitrogens with one attached hydrogen (secondary N) is 1. The first-order valence-corrected chi connectivity index (χ1v) is 9.86. The lowest BCUT2D eigenvalue weighted by Crippen LogP contribution is -2.49. The van der Waals surface area contributed by atoms with Gasteiger partial charge in [0, 0.05) is 38.1 Å². The number of nitrogens with zero attached hydrogens (tertiary/aromatic N) is 3. The number of aromatic nitrogens is 1. The van der Waals surface area contributed by atoms with E-state index >= 15 is 0 Å². The van der Waals surface area contributed by atoms with Crippen LogP contribution in [0.15, 0.2) is 42.6 Å². The molecule has 1 N–H and O–H groups in total. The number of aryl methyl sites for hydroxylation is 2. The average molecular weight is 378 g/mol. The van der Waals surface area contributed by atoms with Gasteiger partial charge in [-0.2, -0.15) is 0 Å². The van der Waals surface area contributed by atoms with Crippen LogP contribution in [0.2, 0.25) is 0 Å². The van der Waals surface area contributed by atoms with E-state index in [4.69, 9.17) is 0 Å². The van der Waals surface area contributed by atoms with Gasteiger partial charge in [-0.15, -0.1) is 0 Å². The number of benzene rings is 1. The van der Waals surface area contributed by atoms with Gasteiger partial charge in [-0.3, -0.25) is 9.59 Å². The minimum Gasteiger partial charge on any atom is -0.353 e. The van der Waals surface area contributed by atoms with E-state index in [9.17, 15) is 9.59 Å². The van der Waals surface area contributed by atoms with Crippen molar-refractivity contribution in [2.75, 3.05) is 36.4 Å². The summed E-state index contributed by atoms with van der Waals surface area (Å²) in [7, 11) is 0. The Morgan fingerprint density at radius 1 is 0.964 bits per heavy atom. The molecule has 2 aromatic rings. The van der Waals surface area contributed by atoms with Crippen LogP contribution in [0.5, 0.6) is 0 Å². The number of para-hydroxylation sites is 1. The molecule has 1 aromatic carbocycles. The third kappa shape index (κ3) is 3.72. The highest BCUT2D eigenvalue weighted by Crippen LogP contribution is 2.41. The van der Waals surface area contributed by atoms with E-state index in [1.54, 1.807) is 6.20 Å². The number of anilines is 2. The molecular weight excluding hydrogens is 352 g/mol. The molecule has 1 aliphatic heterocycles. The molecule has 2 aliphatic rings. The van der Waals surface area contributed by atoms with Crippen molar-refractivity contribution in [3.63, 3.8) is 0 Å². The number of hydrogen-bond donors (Lipinski definition) is 1. The van der Waals surface area contributed by atoms with Gasteiger partial charge >= 0.3 is 0 Å². The Morgan fingerprint density at radius 2 is 1.68 bits per heavy atom. The van der Waals surface area contributed by atoms with Gasteiger partial charge in [0.25, 0.3) is 0 Å². The highest BCUT2D eigenvalue weighted by Gasteiger charge is 2.49. The highest BCUT2D eigenvalue weighted by atomic mass is 16.2. The van der Waals surface area contributed by atoms with Crippen molar-refractivity contribution in [1.29, 1.82) is 0 Å². The molecular formula is C22H26N4O2. The first-order chi connectivity index (χ1) is 13.5. The molecule has 1 aliphatic carbocycles. The van der Waals surface area contributed by atoms with E-state index in [0.29, 0.717) is 19.5 Å². The van der Waals surface area contributed by atoms with Crippen molar-refractivity contribution in [2.24, 2.45) is 11.8 Å². The monoisotopic (exact) mass is 378 g/mol. The van der Waals surface area contributed by atoms with Crippen LogP contribution in [0.3, 0.4) is 0 Å². The number of carbonyl (C=O) groups is 2. The van der Waals surface area contributed by atoms with Crippen LogP contribution in [0.25, 0.3) is 0 Å². The molecule has 2 amide bonds. The Kier molecular flexibility index (Phi) is 5.03. The predicted octanol–water partition coefficient (Wildman–Crippen LogP) is 2.62. The summed E-state index contributed by atoms with van der Waals surface area (Å²) >= 11 is 0. The maximum atomic E-state index is 12.8. The molecule has 2 heterocycles. The molecule has 0 bridgehead atoms. The van der Waals surface area contributed by atoms with Crippen LogP contribution in [-0.4, -0.2) is 47.9 Å². The van der Waals surface area contributed by atoms with Gasteiger partial charge in [-0.1, -0.05) is 24.3 Å². The lowest BCUT2D eigenvalue weighted by atomic mass is 10.1. The normalized spacial score (nSPS) is 21.4. The summed E-state index contributed by atoms with van der Waals surface area (Å²) in [6.07, 6.45) is 2.44. The van der Waals surface area contributed by atoms with Crippen molar-refractivity contribution in [3.05, 3.63) is 53.7 Å². The smallest absolute Gasteiger partial charge is 0.228 e. The van der Waals surface area contributed by atoms with Crippen LogP contribution >= 0.6 is 0 Å². The molecule has 0 radical (unpaired) electrons. The van der Waals surface area contributed by atoms with E-state index in [1.807, 2.05) is 55.1 Å². The fourth-order valence-corrected chi connectivity index (χ4v) is 3.92. The predicted molar refractivity (Wildman–Crippen MR) is 109 cm³/mol. The molecule has 2 atom stereocenters. The third-order valence-corrected chi connectivity index (χ3v) is 5.74. The molecule has 2 fully saturated rings. The van der Waals surface area contributed by atoms with E-state index < -0.39 is 0 Å². The van der Waals surface area contributed by atoms with Crippen molar-refractivity contribution in [2.45, 2.75) is 20.3 Å². The lowest BCUT2D eigenvalue weighted by molar-refractivity contribution is -0.134. The fourth-order valence-electron chi connectivity index (χ4n) is 3.92. The van der Waals surface area contributed by atoms with Gasteiger partial charge in [0.2, 0.25) is 11.8 Å². The summed E-state index contributed by atoms with van der Waals surface area (Å²) < 4.78 is 0. The summed E-state index contributed by atoms with van der Waals surface area (Å²) in [6.45, 7) is 6.87. The van der Waals surface area contributed by atoms with Crippen molar-refractivity contribution in [3.8, 4) is 0 Å². The zero-order chi connectivity index (χ0) is 19.7. The van der Waals surface area contributed by atoms with Crippen LogP contribution in [-0.2, 0) is 9.59 Å². The number of amides is 2. The van der Waals surface area contributed by atoms with Crippen LogP contribution in [0.1, 0.15) is 17.5 Å². The molecule has 4 rings (SSSR count). The Hall–Kier alpha value is -2.89. The zero-order valence-corrected chi connectivity index (χ0v) is 16.4. The van der Waals surface area contributed by atoms with Crippen LogP contribution < -0.4 is 10.2 Å². The summed E-state index contributed by atoms with van der Waals surface area (Å²) in [6, 6.07) is 11.8. The van der Waals surface area contributed by atoms with E-state index in [-0.39, 0.29) is 23.7 Å². The summed E-state index contributed by atoms with van der Waals surface area (Å²) in [5, 5.41) is 3.03. The first-order valence-electron chi connectivity index (χ1n) is 9.86. The van der Waals surface area contributed by atoms with Gasteiger partial charge in [0.1, 0.15) is 5.82 Å². The Bertz CT molecular complexity index is 855. The van der Waals surface area contributed by atoms with Crippen molar-refractivity contribution >= 4 is 23.3 Å². The number of pyridine rings is 1. The number of piperazine rings is 1. The van der Waals surface area contributed by atoms with Crippen molar-refractivity contribution in [1.82, 2.24) is 9.88 Å². The third-order valence-electron chi connectivity index (χ3n) is 5.74. The van der Waals surface area contributed by atoms with Crippen LogP contribution in [0.4, 0.5) is 11.5 Å². The van der Waals surface area contributed by atoms with E-state index in [1.165, 1.54) is 0 Å². The minimum absolute atomic E-state index is 0.0390. The topological polar surface area (TPSA) is 65.5 Å². The summed E-state index contributed by atoms with van der Waals surface area (Å²) in [4.78, 5) is 33.9. The molecule has 1 saturated carbocycles. The van der Waals surface area contributed by atoms with Gasteiger partial charge < -0.3 is 15.1 Å². The highest BCUT2D eigenvalue weighted by molar-refractivity contribution is 6.00. The lowest BCUT2D eigenvalue weighted by Gasteiger charge is -2.35. The van der Waals surface area contributed by atoms with Gasteiger partial charge in [-0.25, -0.2) is 4.98 Å². The van der Waals surface area contributed by atoms with Gasteiger partial charge in [0.15, 0.2) is 0 Å². The molecule has 146 valence electrons. The van der Waals surface area contributed by atoms with E-state index in [2.05, 4.69) is 15.2 Å². The maximum absolute atomic E-state index is 12.8. The second-order valence-electron chi connectivity index (χ2n) is 7.71. The van der Waals surface area contributed by atoms with Gasteiger partial charge in [-0.05, 0) is 43.5 Å². The average Bonchev–Trinajstić information content (AvgIpc) is 3.52. The quantitative estimate of drug-likeness (QED) is 0.888. The van der Waals surface area contributed by atoms with Gasteiger partial charge in [0.05, 0.1) is 11.8 Å². The molecule has 28 heavy (non-hydrogen) atoms. The number of rotatable bonds is 4. The number of carbonyl (C=O) groups excluding carboxylic acids is 2. The SMILES string of the molecule is Cc1cccc(C)c1NC(=O)C1CC1C(=O)N1CCN(c2ccccn2)CC1. The summed E-state index contributed by atoms with van der Waals surface area (Å²) in [5.74, 6) is 0.642. The maximum Gasteiger partial charge on any atom is 0.228 e. The molecule has 1 saturated heterocycles. The molecule has 1 aromatic heterocycles. The number of hydrogen-bond acceptors (Lipinski definition) is 4. The molecule has 6 nitrogen and oxygen atoms in total. The van der Waals surface area contributed by atoms with E-state index in [0.717, 1.165) is 35.7 Å². The van der Waals surface area contributed by atoms with Crippen LogP contribution in [0, 0.1) is 25.7 Å². The second-order valence-corrected chi connectivity index (χ2v) is 7.71. The molecule has 6 heteroatoms. The zero-order valence-electron chi connectivity index (χ0n) is 16.4. The summed E-state index contributed by atoms with van der Waals surface area (Å²) in [5.41, 5.74) is 2.96. The Morgan fingerprint density at radius 3 is 2.32 bits per heavy atom. The standard InChI is InChI=1S/C22H26N4O2/c1-15-6-5-7-16(2)20(15)24-21(27)17-14-18(17)22(28)26-12-10-25(11-13-26)19-8-3-4-9-23-19/h3-9,17-18H,10-14H2,1-2H3,(H,24,27). The molecule has 2 unspecified atom stereocenters.